The number of carbonyl (C=O) groups excluding carboxylic acids is 1. The average Bonchev–Trinajstić information content (AvgIpc) is 2.70. The van der Waals surface area contributed by atoms with Gasteiger partial charge in [-0.15, -0.1) is 0 Å². The molecule has 1 amide bonds. The van der Waals surface area contributed by atoms with Gasteiger partial charge in [-0.1, -0.05) is 42.5 Å². The Hall–Kier alpha value is -3.06. The van der Waals surface area contributed by atoms with Crippen LogP contribution in [0, 0.1) is 5.41 Å². The average molecular weight is 414 g/mol. The van der Waals surface area contributed by atoms with E-state index in [0.717, 1.165) is 23.1 Å². The third-order valence-electron chi connectivity index (χ3n) is 4.27. The maximum Gasteiger partial charge on any atom is 0.226 e. The minimum atomic E-state index is -0.361. The van der Waals surface area contributed by atoms with Gasteiger partial charge in [-0.25, -0.2) is 0 Å². The first-order valence-electron chi connectivity index (χ1n) is 10.1. The van der Waals surface area contributed by atoms with Crippen LogP contribution < -0.4 is 20.5 Å². The second-order valence-corrected chi connectivity index (χ2v) is 7.12. The quantitative estimate of drug-likeness (QED) is 0.297. The Morgan fingerprint density at radius 1 is 1.10 bits per heavy atom. The maximum absolute atomic E-state index is 12.0. The third kappa shape index (κ3) is 7.08. The van der Waals surface area contributed by atoms with Crippen LogP contribution in [0.25, 0.3) is 11.1 Å². The lowest BCUT2D eigenvalue weighted by Gasteiger charge is -2.21. The molecular weight excluding hydrogens is 382 g/mol. The molecule has 0 heterocycles. The molecule has 2 rings (SSSR count). The van der Waals surface area contributed by atoms with Gasteiger partial charge >= 0.3 is 0 Å². The van der Waals surface area contributed by atoms with Gasteiger partial charge in [0, 0.05) is 32.1 Å². The van der Waals surface area contributed by atoms with E-state index in [1.807, 2.05) is 56.3 Å². The van der Waals surface area contributed by atoms with Crippen LogP contribution >= 0.6 is 0 Å². The maximum atomic E-state index is 12.0. The van der Waals surface area contributed by atoms with Crippen molar-refractivity contribution in [2.24, 2.45) is 5.73 Å². The van der Waals surface area contributed by atoms with Crippen molar-refractivity contribution in [1.29, 1.82) is 5.41 Å². The van der Waals surface area contributed by atoms with E-state index in [2.05, 4.69) is 5.32 Å². The van der Waals surface area contributed by atoms with Crippen molar-refractivity contribution in [3.05, 3.63) is 48.0 Å². The van der Waals surface area contributed by atoms with Crippen molar-refractivity contribution in [3.8, 4) is 22.6 Å². The van der Waals surface area contributed by atoms with Crippen LogP contribution in [0.2, 0.25) is 0 Å². The predicted octanol–water partition coefficient (Wildman–Crippen LogP) is 3.50. The first kappa shape index (κ1) is 23.2. The smallest absolute Gasteiger partial charge is 0.226 e. The lowest BCUT2D eigenvalue weighted by Crippen LogP contribution is -2.35. The summed E-state index contributed by atoms with van der Waals surface area (Å²) < 4.78 is 17.5. The van der Waals surface area contributed by atoms with E-state index in [0.29, 0.717) is 31.1 Å². The van der Waals surface area contributed by atoms with Gasteiger partial charge in [-0.3, -0.25) is 15.5 Å². The fourth-order valence-electron chi connectivity index (χ4n) is 2.99. The molecule has 4 N–H and O–H groups in total. The Morgan fingerprint density at radius 2 is 1.83 bits per heavy atom. The number of hydrogen-bond donors (Lipinski definition) is 3. The van der Waals surface area contributed by atoms with Gasteiger partial charge in [0.2, 0.25) is 5.91 Å². The summed E-state index contributed by atoms with van der Waals surface area (Å²) >= 11 is 0. The van der Waals surface area contributed by atoms with Crippen LogP contribution in [-0.4, -0.2) is 38.3 Å². The molecule has 0 aliphatic rings. The van der Waals surface area contributed by atoms with Gasteiger partial charge < -0.3 is 19.9 Å². The van der Waals surface area contributed by atoms with Crippen LogP contribution in [0.3, 0.4) is 0 Å². The molecular formula is C23H31N3O4. The molecule has 0 spiro atoms. The van der Waals surface area contributed by atoms with E-state index >= 15 is 0 Å². The summed E-state index contributed by atoms with van der Waals surface area (Å²) in [6, 6.07) is 13.9. The number of amides is 1. The molecule has 0 aromatic heterocycles. The lowest BCUT2D eigenvalue weighted by molar-refractivity contribution is -0.119. The number of ether oxygens (including phenoxy) is 3. The fourth-order valence-corrected chi connectivity index (χ4v) is 2.99. The van der Waals surface area contributed by atoms with Crippen LogP contribution in [0.5, 0.6) is 11.5 Å². The summed E-state index contributed by atoms with van der Waals surface area (Å²) in [7, 11) is 1.66. The second-order valence-electron chi connectivity index (χ2n) is 7.12. The van der Waals surface area contributed by atoms with Crippen LogP contribution in [0.4, 0.5) is 0 Å². The van der Waals surface area contributed by atoms with E-state index < -0.39 is 0 Å². The van der Waals surface area contributed by atoms with E-state index in [1.54, 1.807) is 7.11 Å². The molecule has 0 bridgehead atoms. The Labute approximate surface area is 178 Å². The van der Waals surface area contributed by atoms with E-state index in [4.69, 9.17) is 25.4 Å². The number of methoxy groups -OCH3 is 1. The van der Waals surface area contributed by atoms with Gasteiger partial charge in [0.15, 0.2) is 17.5 Å². The topological polar surface area (TPSA) is 107 Å². The summed E-state index contributed by atoms with van der Waals surface area (Å²) in [5.74, 6) is 0.628. The molecule has 0 saturated carbocycles. The van der Waals surface area contributed by atoms with E-state index in [1.165, 1.54) is 0 Å². The van der Waals surface area contributed by atoms with Gasteiger partial charge in [0.25, 0.3) is 0 Å². The monoisotopic (exact) mass is 413 g/mol. The van der Waals surface area contributed by atoms with Crippen molar-refractivity contribution < 1.29 is 19.0 Å². The number of rotatable bonds is 11. The Balaban J connectivity index is 2.41. The van der Waals surface area contributed by atoms with Crippen LogP contribution in [0.15, 0.2) is 42.5 Å². The molecule has 2 aromatic carbocycles. The summed E-state index contributed by atoms with van der Waals surface area (Å²) in [6.45, 7) is 4.99. The summed E-state index contributed by atoms with van der Waals surface area (Å²) in [5, 5.41) is 9.51. The van der Waals surface area contributed by atoms with Crippen molar-refractivity contribution in [2.75, 3.05) is 20.3 Å². The minimum Gasteiger partial charge on any atom is -0.489 e. The van der Waals surface area contributed by atoms with Crippen LogP contribution in [0.1, 0.15) is 32.3 Å². The Morgan fingerprint density at radius 3 is 2.47 bits per heavy atom. The molecule has 0 radical (unpaired) electrons. The molecule has 0 aliphatic carbocycles. The first-order valence-corrected chi connectivity index (χ1v) is 10.1. The highest BCUT2D eigenvalue weighted by molar-refractivity contribution is 5.94. The molecule has 0 aliphatic heterocycles. The number of benzene rings is 2. The molecule has 7 heteroatoms. The van der Waals surface area contributed by atoms with Gasteiger partial charge in [0.05, 0.1) is 12.7 Å². The number of aryl methyl sites for hydroxylation is 1. The SMILES string of the molecule is COCCCOc1c(-c2ccccc2)ccc(CCC(=O)NC(=N)N)c1OC(C)C. The Kier molecular flexibility index (Phi) is 9.15. The van der Waals surface area contributed by atoms with Gasteiger partial charge in [0.1, 0.15) is 0 Å². The van der Waals surface area contributed by atoms with E-state index in [9.17, 15) is 4.79 Å². The minimum absolute atomic E-state index is 0.0675. The molecule has 7 nitrogen and oxygen atoms in total. The molecule has 0 saturated heterocycles. The van der Waals surface area contributed by atoms with Crippen molar-refractivity contribution >= 4 is 11.9 Å². The standard InChI is InChI=1S/C23H31N3O4/c1-16(2)30-21-18(11-13-20(27)26-23(24)25)10-12-19(17-8-5-4-6-9-17)22(21)29-15-7-14-28-3/h4-6,8-10,12,16H,7,11,13-15H2,1-3H3,(H4,24,25,26,27). The summed E-state index contributed by atoms with van der Waals surface area (Å²) in [6.07, 6.45) is 1.30. The highest BCUT2D eigenvalue weighted by Gasteiger charge is 2.19. The number of carbonyl (C=O) groups is 1. The van der Waals surface area contributed by atoms with Crippen LogP contribution in [-0.2, 0) is 16.0 Å². The molecule has 2 aromatic rings. The first-order chi connectivity index (χ1) is 14.4. The molecule has 0 unspecified atom stereocenters. The molecule has 0 fully saturated rings. The zero-order valence-electron chi connectivity index (χ0n) is 17.9. The van der Waals surface area contributed by atoms with Crippen molar-refractivity contribution in [1.82, 2.24) is 5.32 Å². The van der Waals surface area contributed by atoms with Gasteiger partial charge in [-0.05, 0) is 31.4 Å². The second kappa shape index (κ2) is 11.8. The highest BCUT2D eigenvalue weighted by atomic mass is 16.5. The number of hydrogen-bond acceptors (Lipinski definition) is 5. The normalized spacial score (nSPS) is 10.7. The van der Waals surface area contributed by atoms with Crippen molar-refractivity contribution in [2.45, 2.75) is 39.2 Å². The van der Waals surface area contributed by atoms with Gasteiger partial charge in [-0.2, -0.15) is 0 Å². The van der Waals surface area contributed by atoms with E-state index in [-0.39, 0.29) is 24.4 Å². The predicted molar refractivity (Wildman–Crippen MR) is 118 cm³/mol. The van der Waals surface area contributed by atoms with Crippen molar-refractivity contribution in [3.63, 3.8) is 0 Å². The summed E-state index contributed by atoms with van der Waals surface area (Å²) in [5.41, 5.74) is 8.06. The molecule has 30 heavy (non-hydrogen) atoms. The zero-order valence-corrected chi connectivity index (χ0v) is 17.9. The fraction of sp³-hybridized carbons (Fsp3) is 0.391. The molecule has 0 atom stereocenters. The Bertz CT molecular complexity index is 838. The lowest BCUT2D eigenvalue weighted by atomic mass is 9.99. The largest absolute Gasteiger partial charge is 0.489 e. The number of guanidine groups is 1. The summed E-state index contributed by atoms with van der Waals surface area (Å²) in [4.78, 5) is 12.0. The third-order valence-corrected chi connectivity index (χ3v) is 4.27. The zero-order chi connectivity index (χ0) is 21.9. The number of nitrogens with two attached hydrogens (primary N) is 1. The highest BCUT2D eigenvalue weighted by Crippen LogP contribution is 2.42. The number of nitrogens with one attached hydrogen (secondary N) is 2. The molecule has 162 valence electrons.